The zero-order chi connectivity index (χ0) is 13.8. The first-order chi connectivity index (χ1) is 8.31. The molecule has 1 aromatic carbocycles. The highest BCUT2D eigenvalue weighted by molar-refractivity contribution is 5.94. The lowest BCUT2D eigenvalue weighted by Crippen LogP contribution is -2.35. The number of carbonyl (C=O) groups is 1. The molecule has 1 unspecified atom stereocenters. The first-order valence-electron chi connectivity index (χ1n) is 5.09. The summed E-state index contributed by atoms with van der Waals surface area (Å²) in [5, 5.41) is 11.2. The van der Waals surface area contributed by atoms with Gasteiger partial charge in [0.15, 0.2) is 0 Å². The number of amides is 1. The molecule has 4 nitrogen and oxygen atoms in total. The SMILES string of the molecule is CC(CO)NC(=O)c1cccc(OC(F)(F)F)c1. The van der Waals surface area contributed by atoms with Gasteiger partial charge in [-0.15, -0.1) is 13.2 Å². The smallest absolute Gasteiger partial charge is 0.406 e. The van der Waals surface area contributed by atoms with Crippen molar-refractivity contribution in [2.24, 2.45) is 0 Å². The quantitative estimate of drug-likeness (QED) is 0.869. The van der Waals surface area contributed by atoms with Crippen LogP contribution in [0, 0.1) is 0 Å². The Labute approximate surface area is 101 Å². The Kier molecular flexibility index (Phi) is 4.55. The van der Waals surface area contributed by atoms with E-state index >= 15 is 0 Å². The number of benzene rings is 1. The van der Waals surface area contributed by atoms with E-state index in [0.29, 0.717) is 0 Å². The van der Waals surface area contributed by atoms with Gasteiger partial charge in [0.2, 0.25) is 0 Å². The van der Waals surface area contributed by atoms with Crippen LogP contribution in [0.25, 0.3) is 0 Å². The molecule has 100 valence electrons. The third-order valence-corrected chi connectivity index (χ3v) is 1.98. The average molecular weight is 263 g/mol. The maximum Gasteiger partial charge on any atom is 0.573 e. The summed E-state index contributed by atoms with van der Waals surface area (Å²) < 4.78 is 39.6. The molecular formula is C11H12F3NO3. The van der Waals surface area contributed by atoms with Crippen LogP contribution in [0.5, 0.6) is 5.75 Å². The van der Waals surface area contributed by atoms with E-state index in [9.17, 15) is 18.0 Å². The lowest BCUT2D eigenvalue weighted by Gasteiger charge is -2.12. The monoisotopic (exact) mass is 263 g/mol. The minimum Gasteiger partial charge on any atom is -0.406 e. The molecule has 0 aliphatic heterocycles. The molecule has 0 fully saturated rings. The topological polar surface area (TPSA) is 58.6 Å². The lowest BCUT2D eigenvalue weighted by molar-refractivity contribution is -0.274. The summed E-state index contributed by atoms with van der Waals surface area (Å²) in [5.74, 6) is -1.05. The van der Waals surface area contributed by atoms with Gasteiger partial charge in [-0.25, -0.2) is 0 Å². The zero-order valence-corrected chi connectivity index (χ0v) is 9.49. The van der Waals surface area contributed by atoms with Crippen LogP contribution in [-0.2, 0) is 0 Å². The van der Waals surface area contributed by atoms with Crippen molar-refractivity contribution in [1.29, 1.82) is 0 Å². The molecular weight excluding hydrogens is 251 g/mol. The summed E-state index contributed by atoms with van der Waals surface area (Å²) in [7, 11) is 0. The van der Waals surface area contributed by atoms with Gasteiger partial charge in [-0.2, -0.15) is 0 Å². The second-order valence-electron chi connectivity index (χ2n) is 3.63. The number of halogens is 3. The van der Waals surface area contributed by atoms with E-state index in [1.807, 2.05) is 0 Å². The summed E-state index contributed by atoms with van der Waals surface area (Å²) in [6, 6.07) is 4.22. The highest BCUT2D eigenvalue weighted by atomic mass is 19.4. The third kappa shape index (κ3) is 4.62. The molecule has 0 heterocycles. The fraction of sp³-hybridized carbons (Fsp3) is 0.364. The Morgan fingerprint density at radius 3 is 2.72 bits per heavy atom. The predicted octanol–water partition coefficient (Wildman–Crippen LogP) is 1.70. The second kappa shape index (κ2) is 5.72. The van der Waals surface area contributed by atoms with Crippen molar-refractivity contribution in [3.63, 3.8) is 0 Å². The van der Waals surface area contributed by atoms with Gasteiger partial charge in [-0.1, -0.05) is 6.07 Å². The molecule has 1 rings (SSSR count). The van der Waals surface area contributed by atoms with Crippen LogP contribution in [0.3, 0.4) is 0 Å². The highest BCUT2D eigenvalue weighted by Crippen LogP contribution is 2.23. The number of ether oxygens (including phenoxy) is 1. The zero-order valence-electron chi connectivity index (χ0n) is 9.49. The molecule has 0 bridgehead atoms. The Morgan fingerprint density at radius 1 is 1.50 bits per heavy atom. The van der Waals surface area contributed by atoms with E-state index in [1.165, 1.54) is 12.1 Å². The van der Waals surface area contributed by atoms with Crippen molar-refractivity contribution >= 4 is 5.91 Å². The molecule has 1 atom stereocenters. The number of alkyl halides is 3. The Hall–Kier alpha value is -1.76. The Bertz CT molecular complexity index is 420. The van der Waals surface area contributed by atoms with Gasteiger partial charge in [0.1, 0.15) is 5.75 Å². The predicted molar refractivity (Wildman–Crippen MR) is 57.1 cm³/mol. The molecule has 2 N–H and O–H groups in total. The van der Waals surface area contributed by atoms with Gasteiger partial charge in [0.05, 0.1) is 6.61 Å². The molecule has 0 spiro atoms. The number of hydrogen-bond acceptors (Lipinski definition) is 3. The highest BCUT2D eigenvalue weighted by Gasteiger charge is 2.31. The van der Waals surface area contributed by atoms with Crippen molar-refractivity contribution < 1.29 is 27.8 Å². The van der Waals surface area contributed by atoms with Crippen LogP contribution >= 0.6 is 0 Å². The van der Waals surface area contributed by atoms with E-state index in [2.05, 4.69) is 10.1 Å². The molecule has 1 aromatic rings. The first-order valence-corrected chi connectivity index (χ1v) is 5.09. The number of aliphatic hydroxyl groups is 1. The number of nitrogens with one attached hydrogen (secondary N) is 1. The van der Waals surface area contributed by atoms with Crippen LogP contribution in [0.2, 0.25) is 0 Å². The molecule has 7 heteroatoms. The number of aliphatic hydroxyl groups excluding tert-OH is 1. The first kappa shape index (κ1) is 14.3. The minimum absolute atomic E-state index is 0.0250. The van der Waals surface area contributed by atoms with Gasteiger partial charge < -0.3 is 15.2 Å². The van der Waals surface area contributed by atoms with E-state index < -0.39 is 24.1 Å². The molecule has 0 saturated heterocycles. The molecule has 0 radical (unpaired) electrons. The van der Waals surface area contributed by atoms with Crippen molar-refractivity contribution in [1.82, 2.24) is 5.32 Å². The standard InChI is InChI=1S/C11H12F3NO3/c1-7(6-16)15-10(17)8-3-2-4-9(5-8)18-11(12,13)14/h2-5,7,16H,6H2,1H3,(H,15,17). The van der Waals surface area contributed by atoms with Crippen LogP contribution in [0.4, 0.5) is 13.2 Å². The van der Waals surface area contributed by atoms with Gasteiger partial charge in [-0.05, 0) is 25.1 Å². The molecule has 1 amide bonds. The maximum absolute atomic E-state index is 12.0. The van der Waals surface area contributed by atoms with Crippen molar-refractivity contribution in [3.05, 3.63) is 29.8 Å². The summed E-state index contributed by atoms with van der Waals surface area (Å²) >= 11 is 0. The summed E-state index contributed by atoms with van der Waals surface area (Å²) in [6.45, 7) is 1.30. The average Bonchev–Trinajstić information content (AvgIpc) is 2.26. The van der Waals surface area contributed by atoms with Gasteiger partial charge >= 0.3 is 6.36 Å². The summed E-state index contributed by atoms with van der Waals surface area (Å²) in [5.41, 5.74) is 0.0250. The molecule has 0 aromatic heterocycles. The summed E-state index contributed by atoms with van der Waals surface area (Å²) in [6.07, 6.45) is -4.80. The van der Waals surface area contributed by atoms with Crippen molar-refractivity contribution in [3.8, 4) is 5.75 Å². The minimum atomic E-state index is -4.80. The van der Waals surface area contributed by atoms with E-state index in [-0.39, 0.29) is 12.2 Å². The van der Waals surface area contributed by atoms with Crippen molar-refractivity contribution in [2.45, 2.75) is 19.3 Å². The second-order valence-corrected chi connectivity index (χ2v) is 3.63. The van der Waals surface area contributed by atoms with E-state index in [0.717, 1.165) is 12.1 Å². The van der Waals surface area contributed by atoms with Gasteiger partial charge in [0.25, 0.3) is 5.91 Å². The number of hydrogen-bond donors (Lipinski definition) is 2. The van der Waals surface area contributed by atoms with Crippen LogP contribution < -0.4 is 10.1 Å². The number of rotatable bonds is 4. The molecule has 0 aliphatic rings. The Morgan fingerprint density at radius 2 is 2.17 bits per heavy atom. The fourth-order valence-corrected chi connectivity index (χ4v) is 1.19. The third-order valence-electron chi connectivity index (χ3n) is 1.98. The normalized spacial score (nSPS) is 12.9. The lowest BCUT2D eigenvalue weighted by atomic mass is 10.2. The molecule has 0 saturated carbocycles. The number of carbonyl (C=O) groups excluding carboxylic acids is 1. The molecule has 0 aliphatic carbocycles. The largest absolute Gasteiger partial charge is 0.573 e. The van der Waals surface area contributed by atoms with Gasteiger partial charge in [0, 0.05) is 11.6 Å². The van der Waals surface area contributed by atoms with Crippen LogP contribution in [0.1, 0.15) is 17.3 Å². The van der Waals surface area contributed by atoms with Crippen LogP contribution in [0.15, 0.2) is 24.3 Å². The van der Waals surface area contributed by atoms with Crippen molar-refractivity contribution in [2.75, 3.05) is 6.61 Å². The fourth-order valence-electron chi connectivity index (χ4n) is 1.19. The van der Waals surface area contributed by atoms with E-state index in [4.69, 9.17) is 5.11 Å². The van der Waals surface area contributed by atoms with E-state index in [1.54, 1.807) is 6.92 Å². The van der Waals surface area contributed by atoms with Crippen LogP contribution in [-0.4, -0.2) is 30.0 Å². The maximum atomic E-state index is 12.0. The summed E-state index contributed by atoms with van der Waals surface area (Å²) in [4.78, 5) is 11.6. The Balaban J connectivity index is 2.79. The van der Waals surface area contributed by atoms with Gasteiger partial charge in [-0.3, -0.25) is 4.79 Å². The molecule has 18 heavy (non-hydrogen) atoms.